The molecule has 0 saturated carbocycles. The van der Waals surface area contributed by atoms with Crippen molar-refractivity contribution >= 4 is 70.1 Å². The maximum Gasteiger partial charge on any atom is 0.226 e. The van der Waals surface area contributed by atoms with Gasteiger partial charge in [0, 0.05) is 68.3 Å². The molecule has 0 radical (unpaired) electrons. The van der Waals surface area contributed by atoms with Crippen LogP contribution < -0.4 is 17.2 Å². The highest BCUT2D eigenvalue weighted by Crippen LogP contribution is 2.28. The number of carbonyl (C=O) groups is 3. The van der Waals surface area contributed by atoms with Gasteiger partial charge in [-0.2, -0.15) is 0 Å². The smallest absolute Gasteiger partial charge is 0.226 e. The lowest BCUT2D eigenvalue weighted by Gasteiger charge is -2.42. The highest BCUT2D eigenvalue weighted by molar-refractivity contribution is 8.00. The minimum absolute atomic E-state index is 0.120. The lowest BCUT2D eigenvalue weighted by atomic mass is 10.3. The van der Waals surface area contributed by atoms with Crippen LogP contribution in [0.15, 0.2) is 87.5 Å². The molecule has 4 rings (SSSR count). The molecule has 0 bridgehead atoms. The van der Waals surface area contributed by atoms with E-state index in [1.165, 1.54) is 35.3 Å². The van der Waals surface area contributed by atoms with Crippen LogP contribution in [-0.2, 0) is 14.4 Å². The standard InChI is InChI=1S/C30H36N6O3S3/c31-22-7-1-4-10-25(22)40-16-13-28(37)34-19-35(29(38)14-17-41-26-11-5-2-8-23(26)32)21-36(20-34)30(39)15-18-42-27-12-6-3-9-24(27)33/h1-12H,13-21,31-33H2. The normalized spacial score (nSPS) is 13.3. The van der Waals surface area contributed by atoms with Crippen molar-refractivity contribution in [3.8, 4) is 0 Å². The van der Waals surface area contributed by atoms with Crippen molar-refractivity contribution in [2.45, 2.75) is 33.9 Å². The number of nitrogens with two attached hydrogens (primary N) is 3. The number of anilines is 3. The predicted molar refractivity (Wildman–Crippen MR) is 174 cm³/mol. The molecule has 222 valence electrons. The molecule has 42 heavy (non-hydrogen) atoms. The van der Waals surface area contributed by atoms with Gasteiger partial charge in [-0.1, -0.05) is 36.4 Å². The second-order valence-electron chi connectivity index (χ2n) is 9.63. The Hall–Kier alpha value is -3.48. The Balaban J connectivity index is 1.36. The second-order valence-corrected chi connectivity index (χ2v) is 13.0. The zero-order chi connectivity index (χ0) is 29.9. The summed E-state index contributed by atoms with van der Waals surface area (Å²) >= 11 is 4.54. The number of nitrogens with zero attached hydrogens (tertiary/aromatic N) is 3. The van der Waals surface area contributed by atoms with Gasteiger partial charge in [0.2, 0.25) is 17.7 Å². The van der Waals surface area contributed by atoms with Gasteiger partial charge in [0.05, 0.1) is 20.0 Å². The van der Waals surface area contributed by atoms with Gasteiger partial charge in [0.15, 0.2) is 0 Å². The summed E-state index contributed by atoms with van der Waals surface area (Å²) in [5.41, 5.74) is 20.1. The van der Waals surface area contributed by atoms with Crippen molar-refractivity contribution in [3.05, 3.63) is 72.8 Å². The van der Waals surface area contributed by atoms with Gasteiger partial charge >= 0.3 is 0 Å². The SMILES string of the molecule is Nc1ccccc1SCCC(=O)N1CN(C(=O)CCSc2ccccc2N)CN(C(=O)CCSc2ccccc2N)C1. The predicted octanol–water partition coefficient (Wildman–Crippen LogP) is 4.65. The second kappa shape index (κ2) is 15.7. The van der Waals surface area contributed by atoms with E-state index < -0.39 is 0 Å². The number of para-hydroxylation sites is 3. The zero-order valence-corrected chi connectivity index (χ0v) is 25.8. The van der Waals surface area contributed by atoms with E-state index in [-0.39, 0.29) is 57.0 Å². The van der Waals surface area contributed by atoms with Gasteiger partial charge in [-0.3, -0.25) is 14.4 Å². The molecular formula is C30H36N6O3S3. The van der Waals surface area contributed by atoms with Gasteiger partial charge in [0.1, 0.15) is 0 Å². The molecule has 0 aliphatic carbocycles. The molecule has 3 aromatic carbocycles. The molecule has 3 amide bonds. The number of benzene rings is 3. The Morgan fingerprint density at radius 3 is 1.02 bits per heavy atom. The fourth-order valence-corrected chi connectivity index (χ4v) is 7.00. The van der Waals surface area contributed by atoms with Crippen molar-refractivity contribution in [1.29, 1.82) is 0 Å². The number of nitrogen functional groups attached to an aromatic ring is 3. The first-order valence-electron chi connectivity index (χ1n) is 13.6. The van der Waals surface area contributed by atoms with Gasteiger partial charge in [-0.05, 0) is 36.4 Å². The number of amides is 3. The number of hydrogen-bond acceptors (Lipinski definition) is 9. The summed E-state index contributed by atoms with van der Waals surface area (Å²) in [5, 5.41) is 0. The summed E-state index contributed by atoms with van der Waals surface area (Å²) in [6.07, 6.45) is 0.778. The quantitative estimate of drug-likeness (QED) is 0.194. The first-order chi connectivity index (χ1) is 20.3. The minimum atomic E-state index is -0.120. The lowest BCUT2D eigenvalue weighted by Crippen LogP contribution is -2.59. The molecule has 1 heterocycles. The molecule has 12 heteroatoms. The van der Waals surface area contributed by atoms with E-state index in [1.54, 1.807) is 14.7 Å². The van der Waals surface area contributed by atoms with Crippen LogP contribution in [0.2, 0.25) is 0 Å². The molecule has 6 N–H and O–H groups in total. The summed E-state index contributed by atoms with van der Waals surface area (Å²) < 4.78 is 0. The van der Waals surface area contributed by atoms with E-state index in [4.69, 9.17) is 17.2 Å². The molecule has 9 nitrogen and oxygen atoms in total. The van der Waals surface area contributed by atoms with E-state index >= 15 is 0 Å². The molecular weight excluding hydrogens is 589 g/mol. The van der Waals surface area contributed by atoms with Crippen LogP contribution in [0.1, 0.15) is 19.3 Å². The summed E-state index contributed by atoms with van der Waals surface area (Å²) in [6.45, 7) is 0.438. The Morgan fingerprint density at radius 2 is 0.762 bits per heavy atom. The Kier molecular flexibility index (Phi) is 11.7. The highest BCUT2D eigenvalue weighted by atomic mass is 32.2. The summed E-state index contributed by atoms with van der Waals surface area (Å²) in [4.78, 5) is 47.3. The van der Waals surface area contributed by atoms with E-state index in [0.717, 1.165) is 14.7 Å². The van der Waals surface area contributed by atoms with Crippen LogP contribution in [0.25, 0.3) is 0 Å². The van der Waals surface area contributed by atoms with E-state index in [1.807, 2.05) is 72.8 Å². The van der Waals surface area contributed by atoms with E-state index in [2.05, 4.69) is 0 Å². The summed E-state index contributed by atoms with van der Waals surface area (Å²) in [5.74, 6) is 1.25. The Morgan fingerprint density at radius 1 is 0.500 bits per heavy atom. The molecule has 1 saturated heterocycles. The molecule has 0 unspecified atom stereocenters. The molecule has 0 atom stereocenters. The van der Waals surface area contributed by atoms with Gasteiger partial charge in [-0.25, -0.2) is 0 Å². The van der Waals surface area contributed by atoms with Gasteiger partial charge in [-0.15, -0.1) is 35.3 Å². The first-order valence-corrected chi connectivity index (χ1v) is 16.5. The third kappa shape index (κ3) is 9.01. The lowest BCUT2D eigenvalue weighted by molar-refractivity contribution is -0.158. The van der Waals surface area contributed by atoms with Crippen LogP contribution in [0, 0.1) is 0 Å². The molecule has 1 fully saturated rings. The van der Waals surface area contributed by atoms with Crippen LogP contribution in [-0.4, -0.2) is 69.7 Å². The topological polar surface area (TPSA) is 139 Å². The van der Waals surface area contributed by atoms with Gasteiger partial charge < -0.3 is 31.9 Å². The molecule has 1 aliphatic heterocycles. The zero-order valence-electron chi connectivity index (χ0n) is 23.3. The Bertz CT molecular complexity index is 1220. The number of rotatable bonds is 12. The van der Waals surface area contributed by atoms with Crippen molar-refractivity contribution in [2.75, 3.05) is 54.5 Å². The minimum Gasteiger partial charge on any atom is -0.398 e. The monoisotopic (exact) mass is 624 g/mol. The fraction of sp³-hybridized carbons (Fsp3) is 0.300. The van der Waals surface area contributed by atoms with E-state index in [9.17, 15) is 14.4 Å². The molecule has 3 aromatic rings. The van der Waals surface area contributed by atoms with Crippen molar-refractivity contribution in [1.82, 2.24) is 14.7 Å². The van der Waals surface area contributed by atoms with Crippen molar-refractivity contribution in [2.24, 2.45) is 0 Å². The molecule has 0 aromatic heterocycles. The van der Waals surface area contributed by atoms with Crippen molar-refractivity contribution < 1.29 is 14.4 Å². The maximum absolute atomic E-state index is 13.3. The third-order valence-electron chi connectivity index (χ3n) is 6.56. The van der Waals surface area contributed by atoms with Crippen molar-refractivity contribution in [3.63, 3.8) is 0 Å². The Labute approximate surface area is 259 Å². The molecule has 0 spiro atoms. The van der Waals surface area contributed by atoms with Crippen LogP contribution in [0.4, 0.5) is 17.1 Å². The number of hydrogen-bond donors (Lipinski definition) is 3. The van der Waals surface area contributed by atoms with Crippen LogP contribution >= 0.6 is 35.3 Å². The molecule has 1 aliphatic rings. The van der Waals surface area contributed by atoms with Crippen LogP contribution in [0.3, 0.4) is 0 Å². The number of carbonyl (C=O) groups excluding carboxylic acids is 3. The van der Waals surface area contributed by atoms with Gasteiger partial charge in [0.25, 0.3) is 0 Å². The maximum atomic E-state index is 13.3. The average Bonchev–Trinajstić information content (AvgIpc) is 2.99. The first kappa shape index (κ1) is 31.5. The summed E-state index contributed by atoms with van der Waals surface area (Å²) in [7, 11) is 0. The third-order valence-corrected chi connectivity index (χ3v) is 9.83. The largest absolute Gasteiger partial charge is 0.398 e. The fourth-order valence-electron chi connectivity index (χ4n) is 4.28. The van der Waals surface area contributed by atoms with Crippen LogP contribution in [0.5, 0.6) is 0 Å². The summed E-state index contributed by atoms with van der Waals surface area (Å²) in [6, 6.07) is 22.6. The van der Waals surface area contributed by atoms with E-state index in [0.29, 0.717) is 34.3 Å². The highest BCUT2D eigenvalue weighted by Gasteiger charge is 2.31. The average molecular weight is 625 g/mol. The number of thioether (sulfide) groups is 3.